The molecule has 0 bridgehead atoms. The van der Waals surface area contributed by atoms with Crippen LogP contribution in [0.15, 0.2) is 42.7 Å². The smallest absolute Gasteiger partial charge is 0.305 e. The van der Waals surface area contributed by atoms with E-state index in [1.807, 2.05) is 16.9 Å². The molecule has 0 aliphatic carbocycles. The Morgan fingerprint density at radius 1 is 1.26 bits per heavy atom. The zero-order chi connectivity index (χ0) is 16.1. The Morgan fingerprint density at radius 3 is 2.65 bits per heavy atom. The number of aromatic nitrogens is 2. The molecule has 3 rings (SSSR count). The lowest BCUT2D eigenvalue weighted by Crippen LogP contribution is -2.45. The maximum atomic E-state index is 11.0. The number of aliphatic carboxylic acids is 1. The summed E-state index contributed by atoms with van der Waals surface area (Å²) in [5, 5.41) is 13.2. The summed E-state index contributed by atoms with van der Waals surface area (Å²) >= 11 is 0. The van der Waals surface area contributed by atoms with Crippen LogP contribution in [0, 0.1) is 0 Å². The number of carbonyl (C=O) groups is 1. The average Bonchev–Trinajstić information content (AvgIpc) is 3.04. The summed E-state index contributed by atoms with van der Waals surface area (Å²) in [6.07, 6.45) is 3.84. The Balaban J connectivity index is 1.61. The first-order chi connectivity index (χ1) is 11.2. The lowest BCUT2D eigenvalue weighted by molar-refractivity contribution is -0.140. The summed E-state index contributed by atoms with van der Waals surface area (Å²) in [7, 11) is 0. The molecule has 1 saturated heterocycles. The number of carboxylic acids is 1. The van der Waals surface area contributed by atoms with E-state index in [2.05, 4.69) is 34.3 Å². The van der Waals surface area contributed by atoms with Crippen molar-refractivity contribution >= 4 is 5.97 Å². The molecule has 1 aliphatic rings. The van der Waals surface area contributed by atoms with Gasteiger partial charge in [0.05, 0.1) is 26.2 Å². The summed E-state index contributed by atoms with van der Waals surface area (Å²) in [5.74, 6) is -0.778. The Morgan fingerprint density at radius 2 is 2.00 bits per heavy atom. The van der Waals surface area contributed by atoms with E-state index in [1.165, 1.54) is 11.1 Å². The van der Waals surface area contributed by atoms with E-state index < -0.39 is 5.97 Å². The second kappa shape index (κ2) is 7.39. The predicted molar refractivity (Wildman–Crippen MR) is 85.0 cm³/mol. The lowest BCUT2D eigenvalue weighted by atomic mass is 10.1. The molecule has 1 N–H and O–H groups in total. The molecule has 2 aromatic rings. The second-order valence-corrected chi connectivity index (χ2v) is 5.82. The average molecular weight is 315 g/mol. The minimum Gasteiger partial charge on any atom is -0.481 e. The van der Waals surface area contributed by atoms with E-state index in [-0.39, 0.29) is 12.5 Å². The van der Waals surface area contributed by atoms with Crippen LogP contribution < -0.4 is 0 Å². The minimum atomic E-state index is -0.778. The van der Waals surface area contributed by atoms with E-state index in [1.54, 1.807) is 6.20 Å². The van der Waals surface area contributed by atoms with Crippen molar-refractivity contribution in [3.63, 3.8) is 0 Å². The quantitative estimate of drug-likeness (QED) is 0.877. The predicted octanol–water partition coefficient (Wildman–Crippen LogP) is 1.61. The lowest BCUT2D eigenvalue weighted by Gasteiger charge is -2.34. The third-order valence-corrected chi connectivity index (χ3v) is 4.07. The number of carboxylic acid groups (broad SMARTS) is 1. The van der Waals surface area contributed by atoms with Crippen molar-refractivity contribution in [3.05, 3.63) is 53.9 Å². The van der Waals surface area contributed by atoms with Crippen LogP contribution in [-0.4, -0.2) is 51.6 Å². The maximum absolute atomic E-state index is 11.0. The summed E-state index contributed by atoms with van der Waals surface area (Å²) in [5.41, 5.74) is 2.38. The second-order valence-electron chi connectivity index (χ2n) is 5.82. The molecular weight excluding hydrogens is 294 g/mol. The van der Waals surface area contributed by atoms with Crippen LogP contribution in [0.3, 0.4) is 0 Å². The first-order valence-corrected chi connectivity index (χ1v) is 7.79. The third-order valence-electron chi connectivity index (χ3n) is 4.07. The van der Waals surface area contributed by atoms with Crippen molar-refractivity contribution in [2.24, 2.45) is 0 Å². The van der Waals surface area contributed by atoms with Gasteiger partial charge in [0, 0.05) is 31.5 Å². The molecule has 1 aromatic heterocycles. The fraction of sp³-hybridized carbons (Fsp3) is 0.412. The molecular formula is C17H21N3O3. The number of hydrogen-bond acceptors (Lipinski definition) is 4. The molecule has 6 nitrogen and oxygen atoms in total. The SMILES string of the molecule is O=C(O)CC1COCCN1Cc1ccc(Cn2cccn2)cc1. The molecule has 0 radical (unpaired) electrons. The van der Waals surface area contributed by atoms with Crippen LogP contribution in [0.1, 0.15) is 17.5 Å². The van der Waals surface area contributed by atoms with Crippen LogP contribution in [0.2, 0.25) is 0 Å². The number of rotatable bonds is 6. The van der Waals surface area contributed by atoms with Gasteiger partial charge in [-0.15, -0.1) is 0 Å². The highest BCUT2D eigenvalue weighted by atomic mass is 16.5. The standard InChI is InChI=1S/C17H21N3O3/c21-17(22)10-16-13-23-9-8-19(16)11-14-2-4-15(5-3-14)12-20-7-1-6-18-20/h1-7,16H,8-13H2,(H,21,22). The summed E-state index contributed by atoms with van der Waals surface area (Å²) in [6.45, 7) is 3.43. The van der Waals surface area contributed by atoms with Crippen LogP contribution in [0.25, 0.3) is 0 Å². The fourth-order valence-electron chi connectivity index (χ4n) is 2.85. The zero-order valence-corrected chi connectivity index (χ0v) is 13.0. The van der Waals surface area contributed by atoms with Gasteiger partial charge in [-0.05, 0) is 17.2 Å². The normalized spacial score (nSPS) is 18.9. The van der Waals surface area contributed by atoms with Crippen molar-refractivity contribution in [1.82, 2.24) is 14.7 Å². The molecule has 6 heteroatoms. The van der Waals surface area contributed by atoms with Gasteiger partial charge in [-0.1, -0.05) is 24.3 Å². The largest absolute Gasteiger partial charge is 0.481 e. The Kier molecular flexibility index (Phi) is 5.05. The van der Waals surface area contributed by atoms with Crippen LogP contribution in [-0.2, 0) is 22.6 Å². The molecule has 0 spiro atoms. The molecule has 23 heavy (non-hydrogen) atoms. The number of hydrogen-bond donors (Lipinski definition) is 1. The van der Waals surface area contributed by atoms with Crippen molar-refractivity contribution in [2.45, 2.75) is 25.6 Å². The van der Waals surface area contributed by atoms with Crippen molar-refractivity contribution in [2.75, 3.05) is 19.8 Å². The first kappa shape index (κ1) is 15.7. The third kappa shape index (κ3) is 4.40. The van der Waals surface area contributed by atoms with Gasteiger partial charge in [0.25, 0.3) is 0 Å². The van der Waals surface area contributed by atoms with Gasteiger partial charge in [-0.3, -0.25) is 14.4 Å². The van der Waals surface area contributed by atoms with Gasteiger partial charge in [-0.2, -0.15) is 5.10 Å². The Bertz CT molecular complexity index is 625. The van der Waals surface area contributed by atoms with E-state index in [4.69, 9.17) is 9.84 Å². The number of ether oxygens (including phenoxy) is 1. The van der Waals surface area contributed by atoms with Gasteiger partial charge in [0.15, 0.2) is 0 Å². The molecule has 122 valence electrons. The minimum absolute atomic E-state index is 0.0509. The molecule has 1 aliphatic heterocycles. The molecule has 0 saturated carbocycles. The highest BCUT2D eigenvalue weighted by Crippen LogP contribution is 2.16. The van der Waals surface area contributed by atoms with Gasteiger partial charge in [0.2, 0.25) is 0 Å². The van der Waals surface area contributed by atoms with Gasteiger partial charge >= 0.3 is 5.97 Å². The topological polar surface area (TPSA) is 67.6 Å². The maximum Gasteiger partial charge on any atom is 0.305 e. The summed E-state index contributed by atoms with van der Waals surface area (Å²) in [6, 6.07) is 10.3. The number of morpholine rings is 1. The first-order valence-electron chi connectivity index (χ1n) is 7.79. The van der Waals surface area contributed by atoms with Crippen molar-refractivity contribution in [3.8, 4) is 0 Å². The van der Waals surface area contributed by atoms with Crippen LogP contribution >= 0.6 is 0 Å². The highest BCUT2D eigenvalue weighted by Gasteiger charge is 2.25. The molecule has 1 aromatic carbocycles. The molecule has 2 heterocycles. The summed E-state index contributed by atoms with van der Waals surface area (Å²) < 4.78 is 7.30. The van der Waals surface area contributed by atoms with Gasteiger partial charge < -0.3 is 9.84 Å². The molecule has 0 amide bonds. The monoisotopic (exact) mass is 315 g/mol. The molecule has 1 atom stereocenters. The van der Waals surface area contributed by atoms with Crippen LogP contribution in [0.4, 0.5) is 0 Å². The van der Waals surface area contributed by atoms with Gasteiger partial charge in [0.1, 0.15) is 0 Å². The summed E-state index contributed by atoms with van der Waals surface area (Å²) in [4.78, 5) is 13.2. The zero-order valence-electron chi connectivity index (χ0n) is 13.0. The fourth-order valence-corrected chi connectivity index (χ4v) is 2.85. The van der Waals surface area contributed by atoms with Gasteiger partial charge in [-0.25, -0.2) is 0 Å². The molecule has 1 unspecified atom stereocenters. The Labute approximate surface area is 135 Å². The highest BCUT2D eigenvalue weighted by molar-refractivity contribution is 5.67. The number of nitrogens with zero attached hydrogens (tertiary/aromatic N) is 3. The van der Waals surface area contributed by atoms with Crippen molar-refractivity contribution in [1.29, 1.82) is 0 Å². The van der Waals surface area contributed by atoms with Crippen molar-refractivity contribution < 1.29 is 14.6 Å². The van der Waals surface area contributed by atoms with E-state index in [0.29, 0.717) is 13.2 Å². The van der Waals surface area contributed by atoms with Crippen LogP contribution in [0.5, 0.6) is 0 Å². The van der Waals surface area contributed by atoms with E-state index in [9.17, 15) is 4.79 Å². The molecule has 1 fully saturated rings. The Hall–Kier alpha value is -2.18. The van der Waals surface area contributed by atoms with E-state index in [0.717, 1.165) is 19.6 Å². The van der Waals surface area contributed by atoms with E-state index >= 15 is 0 Å². The number of benzene rings is 1.